The highest BCUT2D eigenvalue weighted by molar-refractivity contribution is 6.33. The second-order valence-corrected chi connectivity index (χ2v) is 5.78. The Balaban J connectivity index is 2.15. The van der Waals surface area contributed by atoms with Crippen molar-refractivity contribution in [3.05, 3.63) is 22.8 Å². The van der Waals surface area contributed by atoms with Gasteiger partial charge in [0.05, 0.1) is 10.6 Å². The Morgan fingerprint density at radius 2 is 2.05 bits per heavy atom. The van der Waals surface area contributed by atoms with Crippen molar-refractivity contribution in [1.82, 2.24) is 10.3 Å². The van der Waals surface area contributed by atoms with E-state index < -0.39 is 0 Å². The first-order valence-corrected chi connectivity index (χ1v) is 7.08. The molecule has 19 heavy (non-hydrogen) atoms. The molecule has 1 amide bonds. The van der Waals surface area contributed by atoms with Gasteiger partial charge in [-0.3, -0.25) is 4.79 Å². The van der Waals surface area contributed by atoms with E-state index in [2.05, 4.69) is 22.5 Å². The molecular formula is C14H20ClN3O. The predicted octanol–water partition coefficient (Wildman–Crippen LogP) is 3.23. The number of halogens is 1. The van der Waals surface area contributed by atoms with E-state index in [-0.39, 0.29) is 11.4 Å². The van der Waals surface area contributed by atoms with Crippen molar-refractivity contribution in [2.75, 3.05) is 12.4 Å². The van der Waals surface area contributed by atoms with Gasteiger partial charge < -0.3 is 10.6 Å². The monoisotopic (exact) mass is 281 g/mol. The summed E-state index contributed by atoms with van der Waals surface area (Å²) in [7, 11) is 1.76. The Hall–Kier alpha value is -1.29. The van der Waals surface area contributed by atoms with Crippen LogP contribution in [-0.2, 0) is 0 Å². The number of carbonyl (C=O) groups excluding carboxylic acids is 1. The highest BCUT2D eigenvalue weighted by atomic mass is 35.5. The van der Waals surface area contributed by atoms with Gasteiger partial charge in [0.25, 0.3) is 5.91 Å². The van der Waals surface area contributed by atoms with Crippen LogP contribution < -0.4 is 10.6 Å². The number of nitrogens with zero attached hydrogens (tertiary/aromatic N) is 1. The van der Waals surface area contributed by atoms with Gasteiger partial charge in [0, 0.05) is 18.8 Å². The molecule has 0 aromatic carbocycles. The van der Waals surface area contributed by atoms with Crippen molar-refractivity contribution in [3.8, 4) is 0 Å². The molecule has 104 valence electrons. The fraction of sp³-hybridized carbons (Fsp3) is 0.571. The second kappa shape index (κ2) is 5.78. The molecule has 0 unspecified atom stereocenters. The molecule has 1 saturated carbocycles. The minimum Gasteiger partial charge on any atom is -0.373 e. The Kier molecular flexibility index (Phi) is 4.30. The first kappa shape index (κ1) is 14.1. The van der Waals surface area contributed by atoms with Gasteiger partial charge in [-0.25, -0.2) is 4.98 Å². The van der Waals surface area contributed by atoms with Crippen LogP contribution in [0.3, 0.4) is 0 Å². The van der Waals surface area contributed by atoms with Crippen LogP contribution in [0.4, 0.5) is 5.82 Å². The summed E-state index contributed by atoms with van der Waals surface area (Å²) in [5.41, 5.74) is 0.370. The number of hydrogen-bond acceptors (Lipinski definition) is 3. The Morgan fingerprint density at radius 3 is 2.68 bits per heavy atom. The molecule has 2 rings (SSSR count). The van der Waals surface area contributed by atoms with Crippen LogP contribution in [0.15, 0.2) is 12.3 Å². The van der Waals surface area contributed by atoms with Crippen LogP contribution in [0.25, 0.3) is 0 Å². The largest absolute Gasteiger partial charge is 0.373 e. The number of nitrogens with one attached hydrogen (secondary N) is 2. The van der Waals surface area contributed by atoms with Crippen molar-refractivity contribution in [2.45, 2.75) is 44.6 Å². The fourth-order valence-electron chi connectivity index (χ4n) is 2.55. The minimum absolute atomic E-state index is 0.109. The van der Waals surface area contributed by atoms with E-state index in [0.29, 0.717) is 16.4 Å². The first-order chi connectivity index (χ1) is 9.04. The zero-order chi connectivity index (χ0) is 13.9. The lowest BCUT2D eigenvalue weighted by molar-refractivity contribution is 0.0883. The topological polar surface area (TPSA) is 54.0 Å². The van der Waals surface area contributed by atoms with Crippen molar-refractivity contribution in [2.24, 2.45) is 0 Å². The van der Waals surface area contributed by atoms with Gasteiger partial charge in [-0.05, 0) is 25.8 Å². The molecule has 0 bridgehead atoms. The summed E-state index contributed by atoms with van der Waals surface area (Å²) in [6.07, 6.45) is 7.16. The molecular weight excluding hydrogens is 262 g/mol. The number of rotatable bonds is 3. The van der Waals surface area contributed by atoms with E-state index in [0.717, 1.165) is 12.8 Å². The van der Waals surface area contributed by atoms with Crippen molar-refractivity contribution in [1.29, 1.82) is 0 Å². The molecule has 1 aromatic rings. The maximum absolute atomic E-state index is 12.4. The van der Waals surface area contributed by atoms with E-state index in [4.69, 9.17) is 11.6 Å². The van der Waals surface area contributed by atoms with Crippen LogP contribution in [0.5, 0.6) is 0 Å². The quantitative estimate of drug-likeness (QED) is 0.894. The van der Waals surface area contributed by atoms with Crippen molar-refractivity contribution >= 4 is 23.3 Å². The lowest BCUT2D eigenvalue weighted by atomic mass is 9.83. The molecule has 1 aliphatic rings. The molecule has 0 aliphatic heterocycles. The van der Waals surface area contributed by atoms with Crippen LogP contribution in [0.1, 0.15) is 49.4 Å². The number of carbonyl (C=O) groups is 1. The Morgan fingerprint density at radius 1 is 1.37 bits per heavy atom. The van der Waals surface area contributed by atoms with Crippen molar-refractivity contribution in [3.63, 3.8) is 0 Å². The number of aromatic nitrogens is 1. The normalized spacial score (nSPS) is 17.8. The molecule has 5 heteroatoms. The van der Waals surface area contributed by atoms with E-state index >= 15 is 0 Å². The molecule has 0 radical (unpaired) electrons. The predicted molar refractivity (Wildman–Crippen MR) is 77.7 cm³/mol. The highest BCUT2D eigenvalue weighted by Gasteiger charge is 2.29. The van der Waals surface area contributed by atoms with Gasteiger partial charge in [0.15, 0.2) is 0 Å². The average Bonchev–Trinajstić information content (AvgIpc) is 2.39. The molecule has 0 spiro atoms. The molecule has 1 heterocycles. The SMILES string of the molecule is CNc1cc(C(=O)NC2(C)CCCCC2)c(Cl)cn1. The molecule has 0 saturated heterocycles. The van der Waals surface area contributed by atoms with Gasteiger partial charge >= 0.3 is 0 Å². The second-order valence-electron chi connectivity index (χ2n) is 5.37. The van der Waals surface area contributed by atoms with Crippen molar-refractivity contribution < 1.29 is 4.79 Å². The molecule has 1 aliphatic carbocycles. The number of anilines is 1. The summed E-state index contributed by atoms with van der Waals surface area (Å²) < 4.78 is 0. The standard InChI is InChI=1S/C14H20ClN3O/c1-14(6-4-3-5-7-14)18-13(19)10-8-12(16-2)17-9-11(10)15/h8-9H,3-7H2,1-2H3,(H,16,17)(H,18,19). The molecule has 0 atom stereocenters. The molecule has 4 nitrogen and oxygen atoms in total. The smallest absolute Gasteiger partial charge is 0.253 e. The Bertz CT molecular complexity index is 470. The van der Waals surface area contributed by atoms with Crippen LogP contribution >= 0.6 is 11.6 Å². The zero-order valence-corrected chi connectivity index (χ0v) is 12.2. The first-order valence-electron chi connectivity index (χ1n) is 6.70. The highest BCUT2D eigenvalue weighted by Crippen LogP contribution is 2.28. The lowest BCUT2D eigenvalue weighted by Gasteiger charge is -2.34. The number of amides is 1. The van der Waals surface area contributed by atoms with E-state index in [1.807, 2.05) is 0 Å². The van der Waals surface area contributed by atoms with E-state index in [1.165, 1.54) is 25.5 Å². The molecule has 2 N–H and O–H groups in total. The van der Waals surface area contributed by atoms with E-state index in [1.54, 1.807) is 13.1 Å². The van der Waals surface area contributed by atoms with Crippen LogP contribution in [-0.4, -0.2) is 23.5 Å². The van der Waals surface area contributed by atoms with Gasteiger partial charge in [-0.1, -0.05) is 30.9 Å². The molecule has 1 aromatic heterocycles. The summed E-state index contributed by atoms with van der Waals surface area (Å²) in [6, 6.07) is 1.68. The van der Waals surface area contributed by atoms with Crippen LogP contribution in [0.2, 0.25) is 5.02 Å². The molecule has 1 fully saturated rings. The third-order valence-electron chi connectivity index (χ3n) is 3.73. The van der Waals surface area contributed by atoms with Gasteiger partial charge in [0.1, 0.15) is 5.82 Å². The fourth-order valence-corrected chi connectivity index (χ4v) is 2.74. The average molecular weight is 282 g/mol. The van der Waals surface area contributed by atoms with Gasteiger partial charge in [0.2, 0.25) is 0 Å². The third-order valence-corrected chi connectivity index (χ3v) is 4.03. The third kappa shape index (κ3) is 3.38. The lowest BCUT2D eigenvalue weighted by Crippen LogP contribution is -2.47. The zero-order valence-electron chi connectivity index (χ0n) is 11.4. The summed E-state index contributed by atoms with van der Waals surface area (Å²) >= 11 is 6.06. The number of pyridine rings is 1. The minimum atomic E-state index is -0.117. The summed E-state index contributed by atoms with van der Waals surface area (Å²) in [6.45, 7) is 2.11. The maximum atomic E-state index is 12.4. The van der Waals surface area contributed by atoms with Crippen LogP contribution in [0, 0.1) is 0 Å². The van der Waals surface area contributed by atoms with E-state index in [9.17, 15) is 4.79 Å². The Labute approximate surface area is 118 Å². The summed E-state index contributed by atoms with van der Waals surface area (Å²) in [4.78, 5) is 16.4. The summed E-state index contributed by atoms with van der Waals surface area (Å²) in [5.74, 6) is 0.525. The number of hydrogen-bond donors (Lipinski definition) is 2. The van der Waals surface area contributed by atoms with Gasteiger partial charge in [-0.15, -0.1) is 0 Å². The summed E-state index contributed by atoms with van der Waals surface area (Å²) in [5, 5.41) is 6.42. The van der Waals surface area contributed by atoms with Gasteiger partial charge in [-0.2, -0.15) is 0 Å². The maximum Gasteiger partial charge on any atom is 0.253 e.